The van der Waals surface area contributed by atoms with Gasteiger partial charge in [0, 0.05) is 18.7 Å². The molecule has 0 amide bonds. The second-order valence-corrected chi connectivity index (χ2v) is 4.93. The lowest BCUT2D eigenvalue weighted by Gasteiger charge is -2.36. The molecule has 1 saturated heterocycles. The molecule has 0 spiro atoms. The van der Waals surface area contributed by atoms with Crippen LogP contribution in [0.25, 0.3) is 0 Å². The quantitative estimate of drug-likeness (QED) is 0.682. The molecule has 21 heavy (non-hydrogen) atoms. The van der Waals surface area contributed by atoms with Crippen molar-refractivity contribution in [3.8, 4) is 0 Å². The second-order valence-electron chi connectivity index (χ2n) is 4.93. The molecule has 1 N–H and O–H groups in total. The van der Waals surface area contributed by atoms with Crippen LogP contribution in [0.1, 0.15) is 25.7 Å². The summed E-state index contributed by atoms with van der Waals surface area (Å²) < 4.78 is 27.5. The van der Waals surface area contributed by atoms with E-state index in [2.05, 4.69) is 0 Å². The minimum Gasteiger partial charge on any atom is -0.481 e. The molecule has 114 valence electrons. The Labute approximate surface area is 119 Å². The van der Waals surface area contributed by atoms with Gasteiger partial charge in [-0.2, -0.15) is 0 Å². The van der Waals surface area contributed by atoms with Crippen LogP contribution in [0, 0.1) is 21.7 Å². The predicted octanol–water partition coefficient (Wildman–Crippen LogP) is 2.71. The zero-order valence-corrected chi connectivity index (χ0v) is 11.1. The fraction of sp³-hybridized carbons (Fsp3) is 0.462. The van der Waals surface area contributed by atoms with E-state index in [4.69, 9.17) is 5.11 Å². The van der Waals surface area contributed by atoms with Gasteiger partial charge >= 0.3 is 5.97 Å². The molecular weight excluding hydrogens is 286 g/mol. The van der Waals surface area contributed by atoms with Crippen molar-refractivity contribution in [3.63, 3.8) is 0 Å². The molecule has 6 nitrogen and oxygen atoms in total. The Kier molecular flexibility index (Phi) is 4.35. The maximum atomic E-state index is 14.0. The monoisotopic (exact) mass is 300 g/mol. The smallest absolute Gasteiger partial charge is 0.305 e. The maximum Gasteiger partial charge on any atom is 0.305 e. The van der Waals surface area contributed by atoms with Crippen molar-refractivity contribution in [3.05, 3.63) is 33.9 Å². The minimum absolute atomic E-state index is 0.263. The highest BCUT2D eigenvalue weighted by Gasteiger charge is 2.33. The first kappa shape index (κ1) is 15.1. The van der Waals surface area contributed by atoms with Gasteiger partial charge in [0.2, 0.25) is 0 Å². The number of aliphatic carboxylic acids is 1. The fourth-order valence-corrected chi connectivity index (χ4v) is 2.66. The van der Waals surface area contributed by atoms with Crippen LogP contribution in [0.2, 0.25) is 0 Å². The normalized spacial score (nSPS) is 18.6. The van der Waals surface area contributed by atoms with Gasteiger partial charge in [0.25, 0.3) is 5.69 Å². The van der Waals surface area contributed by atoms with Gasteiger partial charge < -0.3 is 10.0 Å². The van der Waals surface area contributed by atoms with Crippen LogP contribution in [0.3, 0.4) is 0 Å². The average molecular weight is 300 g/mol. The van der Waals surface area contributed by atoms with E-state index in [0.29, 0.717) is 18.9 Å². The summed E-state index contributed by atoms with van der Waals surface area (Å²) in [5, 5.41) is 19.9. The van der Waals surface area contributed by atoms with Crippen molar-refractivity contribution in [2.45, 2.75) is 31.7 Å². The summed E-state index contributed by atoms with van der Waals surface area (Å²) in [7, 11) is 0. The van der Waals surface area contributed by atoms with Crippen LogP contribution in [0.5, 0.6) is 0 Å². The Morgan fingerprint density at radius 2 is 2.14 bits per heavy atom. The van der Waals surface area contributed by atoms with E-state index >= 15 is 0 Å². The highest BCUT2D eigenvalue weighted by molar-refractivity contribution is 5.70. The minimum atomic E-state index is -1.30. The van der Waals surface area contributed by atoms with E-state index in [9.17, 15) is 23.7 Å². The molecule has 1 atom stereocenters. The number of piperidine rings is 1. The largest absolute Gasteiger partial charge is 0.481 e. The number of carboxylic acids is 1. The van der Waals surface area contributed by atoms with E-state index < -0.39 is 39.9 Å². The van der Waals surface area contributed by atoms with Crippen LogP contribution in [0.15, 0.2) is 12.1 Å². The Morgan fingerprint density at radius 1 is 1.43 bits per heavy atom. The number of halogens is 2. The number of carbonyl (C=O) groups is 1. The molecule has 1 aromatic carbocycles. The maximum absolute atomic E-state index is 14.0. The Morgan fingerprint density at radius 3 is 2.76 bits per heavy atom. The predicted molar refractivity (Wildman–Crippen MR) is 70.3 cm³/mol. The summed E-state index contributed by atoms with van der Waals surface area (Å²) in [6.45, 7) is 0.263. The van der Waals surface area contributed by atoms with Gasteiger partial charge in [0.15, 0.2) is 17.3 Å². The number of carboxylic acid groups (broad SMARTS) is 1. The lowest BCUT2D eigenvalue weighted by molar-refractivity contribution is -0.384. The SMILES string of the molecule is O=C(O)CC1CCCCN1c1c([N+](=O)[O-])ccc(F)c1F. The first-order chi connectivity index (χ1) is 9.91. The van der Waals surface area contributed by atoms with Crippen molar-refractivity contribution in [1.29, 1.82) is 0 Å². The summed E-state index contributed by atoms with van der Waals surface area (Å²) in [5.74, 6) is -3.57. The third kappa shape index (κ3) is 3.09. The molecule has 8 heteroatoms. The first-order valence-corrected chi connectivity index (χ1v) is 6.52. The molecule has 1 fully saturated rings. The number of nitrogens with zero attached hydrogens (tertiary/aromatic N) is 2. The van der Waals surface area contributed by atoms with Crippen LogP contribution in [-0.2, 0) is 4.79 Å². The molecule has 0 radical (unpaired) electrons. The summed E-state index contributed by atoms with van der Waals surface area (Å²) in [6.07, 6.45) is 1.59. The third-order valence-electron chi connectivity index (χ3n) is 3.57. The third-order valence-corrected chi connectivity index (χ3v) is 3.57. The lowest BCUT2D eigenvalue weighted by Crippen LogP contribution is -2.41. The van der Waals surface area contributed by atoms with Crippen molar-refractivity contribution in [2.75, 3.05) is 11.4 Å². The number of nitro benzene ring substituents is 1. The van der Waals surface area contributed by atoms with Crippen LogP contribution >= 0.6 is 0 Å². The van der Waals surface area contributed by atoms with E-state index in [1.807, 2.05) is 0 Å². The van der Waals surface area contributed by atoms with Gasteiger partial charge in [0.1, 0.15) is 0 Å². The summed E-state index contributed by atoms with van der Waals surface area (Å²) in [6, 6.07) is 1.03. The standard InChI is InChI=1S/C13H14F2N2O4/c14-9-4-5-10(17(20)21)13(12(9)15)16-6-2-1-3-8(16)7-11(18)19/h4-5,8H,1-3,6-7H2,(H,18,19). The molecule has 0 saturated carbocycles. The van der Waals surface area contributed by atoms with Crippen LogP contribution in [0.4, 0.5) is 20.2 Å². The van der Waals surface area contributed by atoms with Gasteiger partial charge in [0.05, 0.1) is 11.3 Å². The number of rotatable bonds is 4. The topological polar surface area (TPSA) is 83.7 Å². The van der Waals surface area contributed by atoms with Crippen molar-refractivity contribution in [1.82, 2.24) is 0 Å². The summed E-state index contributed by atoms with van der Waals surface area (Å²) in [4.78, 5) is 22.4. The van der Waals surface area contributed by atoms with E-state index in [-0.39, 0.29) is 13.0 Å². The van der Waals surface area contributed by atoms with Crippen molar-refractivity contribution in [2.24, 2.45) is 0 Å². The fourth-order valence-electron chi connectivity index (χ4n) is 2.66. The molecular formula is C13H14F2N2O4. The van der Waals surface area contributed by atoms with E-state index in [1.54, 1.807) is 0 Å². The van der Waals surface area contributed by atoms with Gasteiger partial charge in [-0.05, 0) is 25.3 Å². The highest BCUT2D eigenvalue weighted by atomic mass is 19.2. The van der Waals surface area contributed by atoms with Gasteiger partial charge in [-0.15, -0.1) is 0 Å². The van der Waals surface area contributed by atoms with Gasteiger partial charge in [-0.1, -0.05) is 0 Å². The van der Waals surface area contributed by atoms with Crippen LogP contribution in [-0.4, -0.2) is 28.6 Å². The number of benzene rings is 1. The second kappa shape index (κ2) is 6.02. The Balaban J connectivity index is 2.49. The van der Waals surface area contributed by atoms with Crippen molar-refractivity contribution < 1.29 is 23.6 Å². The zero-order valence-electron chi connectivity index (χ0n) is 11.1. The van der Waals surface area contributed by atoms with Crippen molar-refractivity contribution >= 4 is 17.3 Å². The number of anilines is 1. The molecule has 2 rings (SSSR count). The van der Waals surface area contributed by atoms with E-state index in [0.717, 1.165) is 12.5 Å². The number of nitro groups is 1. The Bertz CT molecular complexity index is 580. The summed E-state index contributed by atoms with van der Waals surface area (Å²) in [5.41, 5.74) is -1.00. The van der Waals surface area contributed by atoms with E-state index in [1.165, 1.54) is 4.90 Å². The average Bonchev–Trinajstić information content (AvgIpc) is 2.41. The Hall–Kier alpha value is -2.25. The molecule has 1 unspecified atom stereocenters. The molecule has 1 aromatic rings. The molecule has 0 bridgehead atoms. The molecule has 0 aliphatic carbocycles. The molecule has 1 aliphatic heterocycles. The molecule has 0 aromatic heterocycles. The van der Waals surface area contributed by atoms with Gasteiger partial charge in [-0.3, -0.25) is 14.9 Å². The molecule has 1 heterocycles. The zero-order chi connectivity index (χ0) is 15.6. The van der Waals surface area contributed by atoms with Crippen LogP contribution < -0.4 is 4.90 Å². The van der Waals surface area contributed by atoms with Gasteiger partial charge in [-0.25, -0.2) is 8.78 Å². The number of hydrogen-bond acceptors (Lipinski definition) is 4. The highest BCUT2D eigenvalue weighted by Crippen LogP contribution is 2.37. The molecule has 1 aliphatic rings. The number of hydrogen-bond donors (Lipinski definition) is 1. The summed E-state index contributed by atoms with van der Waals surface area (Å²) >= 11 is 0. The first-order valence-electron chi connectivity index (χ1n) is 6.52. The lowest BCUT2D eigenvalue weighted by atomic mass is 9.98.